The highest BCUT2D eigenvalue weighted by atomic mass is 16.5. The standard InChI is InChI=1S/C27H39N3O5/c1-5-6-10-15-28-24(33)22-27-14-13-26(4,35-27)20(23(32)29-18-11-8-7-9-12-18)21(27)25(34)30(22)19(16-31)17(2)3/h7-9,11-12,17,19-22,31H,5-6,10,13-16H2,1-4H3,(H,28,33)(H,29,32)/t19-,20-,21-,22?,26+,27?/m0/s1. The first kappa shape index (κ1) is 25.6. The number of likely N-dealkylation sites (tertiary alicyclic amines) is 1. The summed E-state index contributed by atoms with van der Waals surface area (Å²) in [7, 11) is 0. The number of anilines is 1. The van der Waals surface area contributed by atoms with Crippen molar-refractivity contribution in [3.63, 3.8) is 0 Å². The Bertz CT molecular complexity index is 953. The third-order valence-electron chi connectivity index (χ3n) is 8.18. The van der Waals surface area contributed by atoms with E-state index >= 15 is 0 Å². The lowest BCUT2D eigenvalue weighted by Gasteiger charge is -2.38. The third kappa shape index (κ3) is 4.25. The molecule has 3 saturated heterocycles. The normalized spacial score (nSPS) is 32.1. The molecule has 1 aromatic rings. The molecule has 0 aromatic heterocycles. The summed E-state index contributed by atoms with van der Waals surface area (Å²) in [5, 5.41) is 16.2. The highest BCUT2D eigenvalue weighted by Gasteiger charge is 2.78. The highest BCUT2D eigenvalue weighted by Crippen LogP contribution is 2.63. The number of carbonyl (C=O) groups is 3. The molecular formula is C27H39N3O5. The van der Waals surface area contributed by atoms with Crippen LogP contribution in [0.4, 0.5) is 5.69 Å². The Morgan fingerprint density at radius 1 is 1.17 bits per heavy atom. The number of benzene rings is 1. The number of carbonyl (C=O) groups excluding carboxylic acids is 3. The number of aliphatic hydroxyl groups is 1. The third-order valence-corrected chi connectivity index (χ3v) is 8.18. The van der Waals surface area contributed by atoms with Crippen LogP contribution in [0.5, 0.6) is 0 Å². The number of para-hydroxylation sites is 1. The van der Waals surface area contributed by atoms with Gasteiger partial charge in [-0.15, -0.1) is 0 Å². The number of amides is 3. The summed E-state index contributed by atoms with van der Waals surface area (Å²) in [5.74, 6) is -2.38. The van der Waals surface area contributed by atoms with Crippen molar-refractivity contribution in [3.8, 4) is 0 Å². The minimum absolute atomic E-state index is 0.0704. The molecule has 8 nitrogen and oxygen atoms in total. The molecule has 2 unspecified atom stereocenters. The fourth-order valence-corrected chi connectivity index (χ4v) is 6.47. The Morgan fingerprint density at radius 2 is 1.89 bits per heavy atom. The van der Waals surface area contributed by atoms with E-state index in [1.807, 2.05) is 39.0 Å². The molecule has 3 aliphatic rings. The maximum Gasteiger partial charge on any atom is 0.245 e. The molecule has 6 atom stereocenters. The molecule has 3 amide bonds. The number of rotatable bonds is 10. The second-order valence-electron chi connectivity index (χ2n) is 10.8. The molecule has 1 aromatic carbocycles. The van der Waals surface area contributed by atoms with Crippen LogP contribution in [0.25, 0.3) is 0 Å². The van der Waals surface area contributed by atoms with Crippen LogP contribution in [0, 0.1) is 17.8 Å². The van der Waals surface area contributed by atoms with E-state index in [0.717, 1.165) is 19.3 Å². The van der Waals surface area contributed by atoms with Crippen LogP contribution in [0.3, 0.4) is 0 Å². The van der Waals surface area contributed by atoms with Crippen LogP contribution in [-0.2, 0) is 19.1 Å². The summed E-state index contributed by atoms with van der Waals surface area (Å²) in [5.41, 5.74) is -1.26. The monoisotopic (exact) mass is 485 g/mol. The topological polar surface area (TPSA) is 108 Å². The van der Waals surface area contributed by atoms with Gasteiger partial charge in [0.2, 0.25) is 17.7 Å². The Kier molecular flexibility index (Phi) is 7.25. The lowest BCUT2D eigenvalue weighted by molar-refractivity contribution is -0.150. The van der Waals surface area contributed by atoms with E-state index in [1.54, 1.807) is 12.1 Å². The molecule has 2 bridgehead atoms. The van der Waals surface area contributed by atoms with Gasteiger partial charge in [0.1, 0.15) is 11.6 Å². The maximum atomic E-state index is 14.1. The minimum atomic E-state index is -1.08. The van der Waals surface area contributed by atoms with E-state index in [2.05, 4.69) is 17.6 Å². The molecule has 3 aliphatic heterocycles. The Hall–Kier alpha value is -2.45. The molecule has 0 radical (unpaired) electrons. The van der Waals surface area contributed by atoms with Crippen molar-refractivity contribution in [2.45, 2.75) is 83.1 Å². The first-order chi connectivity index (χ1) is 16.7. The Balaban J connectivity index is 1.70. The van der Waals surface area contributed by atoms with Gasteiger partial charge in [0, 0.05) is 12.2 Å². The van der Waals surface area contributed by atoms with E-state index in [0.29, 0.717) is 25.1 Å². The predicted molar refractivity (Wildman–Crippen MR) is 132 cm³/mol. The lowest BCUT2D eigenvalue weighted by atomic mass is 9.66. The van der Waals surface area contributed by atoms with E-state index in [4.69, 9.17) is 4.74 Å². The molecule has 0 aliphatic carbocycles. The van der Waals surface area contributed by atoms with Crippen LogP contribution in [0.1, 0.15) is 59.8 Å². The van der Waals surface area contributed by atoms with Crippen molar-refractivity contribution in [2.75, 3.05) is 18.5 Å². The zero-order chi connectivity index (χ0) is 25.4. The van der Waals surface area contributed by atoms with Crippen molar-refractivity contribution in [1.29, 1.82) is 0 Å². The first-order valence-corrected chi connectivity index (χ1v) is 13.0. The number of unbranched alkanes of at least 4 members (excludes halogenated alkanes) is 2. The van der Waals surface area contributed by atoms with Gasteiger partial charge in [-0.05, 0) is 44.2 Å². The number of aliphatic hydroxyl groups excluding tert-OH is 1. The lowest BCUT2D eigenvalue weighted by Crippen LogP contribution is -2.59. The molecule has 8 heteroatoms. The van der Waals surface area contributed by atoms with E-state index in [1.165, 1.54) is 4.90 Å². The summed E-state index contributed by atoms with van der Waals surface area (Å²) in [6.07, 6.45) is 4.00. The number of fused-ring (bicyclic) bond motifs is 1. The number of hydrogen-bond donors (Lipinski definition) is 3. The van der Waals surface area contributed by atoms with Crippen LogP contribution >= 0.6 is 0 Å². The zero-order valence-corrected chi connectivity index (χ0v) is 21.3. The molecule has 192 valence electrons. The second kappa shape index (κ2) is 9.90. The molecule has 3 N–H and O–H groups in total. The number of hydrogen-bond acceptors (Lipinski definition) is 5. The number of nitrogens with one attached hydrogen (secondary N) is 2. The highest BCUT2D eigenvalue weighted by molar-refractivity contribution is 6.02. The van der Waals surface area contributed by atoms with Crippen LogP contribution in [0.15, 0.2) is 30.3 Å². The van der Waals surface area contributed by atoms with Gasteiger partial charge in [0.05, 0.1) is 30.1 Å². The van der Waals surface area contributed by atoms with Gasteiger partial charge in [-0.3, -0.25) is 14.4 Å². The fraction of sp³-hybridized carbons (Fsp3) is 0.667. The van der Waals surface area contributed by atoms with Crippen molar-refractivity contribution in [2.24, 2.45) is 17.8 Å². The largest absolute Gasteiger partial charge is 0.394 e. The second-order valence-corrected chi connectivity index (χ2v) is 10.8. The minimum Gasteiger partial charge on any atom is -0.394 e. The molecule has 3 fully saturated rings. The molecule has 1 spiro atoms. The zero-order valence-electron chi connectivity index (χ0n) is 21.3. The molecule has 0 saturated carbocycles. The molecular weight excluding hydrogens is 446 g/mol. The quantitative estimate of drug-likeness (QED) is 0.442. The smallest absolute Gasteiger partial charge is 0.245 e. The first-order valence-electron chi connectivity index (χ1n) is 13.0. The van der Waals surface area contributed by atoms with Gasteiger partial charge in [0.15, 0.2) is 0 Å². The Labute approximate surface area is 207 Å². The SMILES string of the molecule is CCCCCNC(=O)C1N([C@@H](CO)C(C)C)C(=O)[C@@H]2[C@@H](C(=O)Nc3ccccc3)[C@@]3(C)CCC12O3. The summed E-state index contributed by atoms with van der Waals surface area (Å²) < 4.78 is 6.61. The van der Waals surface area contributed by atoms with E-state index in [-0.39, 0.29) is 30.2 Å². The predicted octanol–water partition coefficient (Wildman–Crippen LogP) is 2.71. The molecule has 4 rings (SSSR count). The fourth-order valence-electron chi connectivity index (χ4n) is 6.47. The van der Waals surface area contributed by atoms with Crippen molar-refractivity contribution in [3.05, 3.63) is 30.3 Å². The summed E-state index contributed by atoms with van der Waals surface area (Å²) >= 11 is 0. The van der Waals surface area contributed by atoms with Gasteiger partial charge >= 0.3 is 0 Å². The summed E-state index contributed by atoms with van der Waals surface area (Å²) in [6.45, 7) is 8.10. The number of nitrogens with zero attached hydrogens (tertiary/aromatic N) is 1. The van der Waals surface area contributed by atoms with Crippen LogP contribution in [-0.4, -0.2) is 64.2 Å². The Morgan fingerprint density at radius 3 is 2.51 bits per heavy atom. The van der Waals surface area contributed by atoms with Gasteiger partial charge in [-0.25, -0.2) is 0 Å². The van der Waals surface area contributed by atoms with Gasteiger partial charge in [-0.1, -0.05) is 51.8 Å². The van der Waals surface area contributed by atoms with Crippen LogP contribution < -0.4 is 10.6 Å². The van der Waals surface area contributed by atoms with Crippen molar-refractivity contribution in [1.82, 2.24) is 10.2 Å². The van der Waals surface area contributed by atoms with E-state index < -0.39 is 35.1 Å². The van der Waals surface area contributed by atoms with Gasteiger partial charge in [0.25, 0.3) is 0 Å². The molecule has 3 heterocycles. The van der Waals surface area contributed by atoms with Gasteiger partial charge < -0.3 is 25.4 Å². The maximum absolute atomic E-state index is 14.1. The summed E-state index contributed by atoms with van der Waals surface area (Å²) in [6, 6.07) is 7.74. The average molecular weight is 486 g/mol. The number of ether oxygens (including phenoxy) is 1. The van der Waals surface area contributed by atoms with Crippen LogP contribution in [0.2, 0.25) is 0 Å². The van der Waals surface area contributed by atoms with Gasteiger partial charge in [-0.2, -0.15) is 0 Å². The summed E-state index contributed by atoms with van der Waals surface area (Å²) in [4.78, 5) is 42.8. The van der Waals surface area contributed by atoms with Crippen molar-refractivity contribution >= 4 is 23.4 Å². The van der Waals surface area contributed by atoms with E-state index in [9.17, 15) is 19.5 Å². The molecule has 35 heavy (non-hydrogen) atoms. The average Bonchev–Trinajstić information content (AvgIpc) is 3.39. The van der Waals surface area contributed by atoms with Crippen molar-refractivity contribution < 1.29 is 24.2 Å².